The molecule has 2 aromatic heterocycles. The average Bonchev–Trinajstić information content (AvgIpc) is 3.00. The van der Waals surface area contributed by atoms with Gasteiger partial charge in [0.05, 0.1) is 12.5 Å². The average molecular weight is 349 g/mol. The molecule has 1 atom stereocenters. The van der Waals surface area contributed by atoms with Gasteiger partial charge in [-0.2, -0.15) is 0 Å². The van der Waals surface area contributed by atoms with E-state index in [0.717, 1.165) is 36.7 Å². The third-order valence-electron chi connectivity index (χ3n) is 4.28. The van der Waals surface area contributed by atoms with Crippen molar-refractivity contribution in [3.8, 4) is 0 Å². The zero-order valence-electron chi connectivity index (χ0n) is 13.9. The molecule has 1 fully saturated rings. The number of nitrogens with zero attached hydrogens (tertiary/aromatic N) is 4. The Morgan fingerprint density at radius 2 is 2.21 bits per heavy atom. The van der Waals surface area contributed by atoms with Gasteiger partial charge in [-0.3, -0.25) is 4.79 Å². The van der Waals surface area contributed by atoms with E-state index in [-0.39, 0.29) is 11.8 Å². The van der Waals surface area contributed by atoms with Crippen molar-refractivity contribution in [3.05, 3.63) is 40.9 Å². The van der Waals surface area contributed by atoms with E-state index in [1.807, 2.05) is 32.2 Å². The van der Waals surface area contributed by atoms with Gasteiger partial charge in [0.25, 0.3) is 0 Å². The monoisotopic (exact) mass is 348 g/mol. The van der Waals surface area contributed by atoms with Crippen LogP contribution < -0.4 is 4.90 Å². The van der Waals surface area contributed by atoms with Gasteiger partial charge in [0.15, 0.2) is 11.0 Å². The minimum Gasteiger partial charge on any atom is -0.464 e. The lowest BCUT2D eigenvalue weighted by Crippen LogP contribution is -2.43. The van der Waals surface area contributed by atoms with Gasteiger partial charge in [0.2, 0.25) is 5.91 Å². The quantitative estimate of drug-likeness (QED) is 0.850. The first-order chi connectivity index (χ1) is 11.5. The smallest absolute Gasteiger partial charge is 0.227 e. The standard InChI is InChI=1S/C17H21ClN4O2/c1-12-5-6-14(24-12)11-21(2)17(23)13-4-3-9-22(10-13)16-8-7-15(18)19-20-16/h5-8,13H,3-4,9-11H2,1-2H3. The van der Waals surface area contributed by atoms with E-state index in [0.29, 0.717) is 18.2 Å². The number of aromatic nitrogens is 2. The highest BCUT2D eigenvalue weighted by Gasteiger charge is 2.29. The lowest BCUT2D eigenvalue weighted by Gasteiger charge is -2.34. The second-order valence-corrected chi connectivity index (χ2v) is 6.59. The van der Waals surface area contributed by atoms with Crippen molar-refractivity contribution >= 4 is 23.3 Å². The van der Waals surface area contributed by atoms with Crippen molar-refractivity contribution in [3.63, 3.8) is 0 Å². The van der Waals surface area contributed by atoms with Crippen molar-refractivity contribution in [2.24, 2.45) is 5.92 Å². The topological polar surface area (TPSA) is 62.5 Å². The fourth-order valence-electron chi connectivity index (χ4n) is 3.06. The molecule has 0 spiro atoms. The van der Waals surface area contributed by atoms with E-state index in [1.54, 1.807) is 11.0 Å². The van der Waals surface area contributed by atoms with Crippen LogP contribution in [0.25, 0.3) is 0 Å². The number of carbonyl (C=O) groups is 1. The molecule has 0 aromatic carbocycles. The Kier molecular flexibility index (Phi) is 5.04. The number of furan rings is 1. The third kappa shape index (κ3) is 3.87. The number of piperidine rings is 1. The van der Waals surface area contributed by atoms with Gasteiger partial charge in [0, 0.05) is 20.1 Å². The normalized spacial score (nSPS) is 17.8. The van der Waals surface area contributed by atoms with Crippen LogP contribution in [0.5, 0.6) is 0 Å². The molecular weight excluding hydrogens is 328 g/mol. The molecule has 0 aliphatic carbocycles. The van der Waals surface area contributed by atoms with Crippen molar-refractivity contribution in [1.29, 1.82) is 0 Å². The van der Waals surface area contributed by atoms with E-state index in [2.05, 4.69) is 15.1 Å². The highest BCUT2D eigenvalue weighted by atomic mass is 35.5. The number of hydrogen-bond acceptors (Lipinski definition) is 5. The van der Waals surface area contributed by atoms with E-state index in [4.69, 9.17) is 16.0 Å². The maximum absolute atomic E-state index is 12.7. The molecular formula is C17H21ClN4O2. The largest absolute Gasteiger partial charge is 0.464 e. The lowest BCUT2D eigenvalue weighted by atomic mass is 9.96. The lowest BCUT2D eigenvalue weighted by molar-refractivity contribution is -0.135. The molecule has 3 heterocycles. The zero-order valence-corrected chi connectivity index (χ0v) is 14.7. The predicted octanol–water partition coefficient (Wildman–Crippen LogP) is 2.91. The Bertz CT molecular complexity index is 701. The van der Waals surface area contributed by atoms with Gasteiger partial charge in [0.1, 0.15) is 11.5 Å². The molecule has 1 unspecified atom stereocenters. The first-order valence-corrected chi connectivity index (χ1v) is 8.45. The van der Waals surface area contributed by atoms with Crippen LogP contribution in [0, 0.1) is 12.8 Å². The molecule has 1 amide bonds. The van der Waals surface area contributed by atoms with Gasteiger partial charge in [-0.1, -0.05) is 11.6 Å². The van der Waals surface area contributed by atoms with Crippen LogP contribution in [-0.4, -0.2) is 41.1 Å². The van der Waals surface area contributed by atoms with Crippen LogP contribution in [0.4, 0.5) is 5.82 Å². The van der Waals surface area contributed by atoms with Crippen molar-refractivity contribution in [2.45, 2.75) is 26.3 Å². The van der Waals surface area contributed by atoms with Crippen molar-refractivity contribution < 1.29 is 9.21 Å². The summed E-state index contributed by atoms with van der Waals surface area (Å²) in [4.78, 5) is 16.6. The van der Waals surface area contributed by atoms with Crippen LogP contribution in [0.3, 0.4) is 0 Å². The molecule has 3 rings (SSSR count). The first kappa shape index (κ1) is 16.8. The number of amides is 1. The fraction of sp³-hybridized carbons (Fsp3) is 0.471. The number of halogens is 1. The summed E-state index contributed by atoms with van der Waals surface area (Å²) in [5, 5.41) is 8.37. The number of aryl methyl sites for hydroxylation is 1. The van der Waals surface area contributed by atoms with Gasteiger partial charge in [-0.05, 0) is 44.0 Å². The summed E-state index contributed by atoms with van der Waals surface area (Å²) in [6, 6.07) is 7.39. The SMILES string of the molecule is Cc1ccc(CN(C)C(=O)C2CCCN(c3ccc(Cl)nn3)C2)o1. The Labute approximate surface area is 146 Å². The molecule has 1 aliphatic rings. The minimum atomic E-state index is -0.0442. The van der Waals surface area contributed by atoms with Crippen molar-refractivity contribution in [1.82, 2.24) is 15.1 Å². The maximum atomic E-state index is 12.7. The number of anilines is 1. The molecule has 1 saturated heterocycles. The molecule has 0 bridgehead atoms. The predicted molar refractivity (Wildman–Crippen MR) is 91.9 cm³/mol. The Morgan fingerprint density at radius 1 is 1.38 bits per heavy atom. The summed E-state index contributed by atoms with van der Waals surface area (Å²) in [5.74, 6) is 2.52. The van der Waals surface area contributed by atoms with Crippen LogP contribution in [-0.2, 0) is 11.3 Å². The summed E-state index contributed by atoms with van der Waals surface area (Å²) in [6.45, 7) is 3.92. The molecule has 6 nitrogen and oxygen atoms in total. The minimum absolute atomic E-state index is 0.0442. The van der Waals surface area contributed by atoms with Crippen LogP contribution in [0.1, 0.15) is 24.4 Å². The Balaban J connectivity index is 1.63. The van der Waals surface area contributed by atoms with Gasteiger partial charge >= 0.3 is 0 Å². The summed E-state index contributed by atoms with van der Waals surface area (Å²) in [5.41, 5.74) is 0. The van der Waals surface area contributed by atoms with E-state index < -0.39 is 0 Å². The molecule has 1 aliphatic heterocycles. The summed E-state index contributed by atoms with van der Waals surface area (Å²) in [6.07, 6.45) is 1.84. The first-order valence-electron chi connectivity index (χ1n) is 8.07. The maximum Gasteiger partial charge on any atom is 0.227 e. The number of rotatable bonds is 4. The van der Waals surface area contributed by atoms with Crippen LogP contribution in [0.15, 0.2) is 28.7 Å². The van der Waals surface area contributed by atoms with Gasteiger partial charge in [-0.25, -0.2) is 0 Å². The number of carbonyl (C=O) groups excluding carboxylic acids is 1. The summed E-state index contributed by atoms with van der Waals surface area (Å²) in [7, 11) is 1.82. The van der Waals surface area contributed by atoms with E-state index >= 15 is 0 Å². The van der Waals surface area contributed by atoms with E-state index in [9.17, 15) is 4.79 Å². The molecule has 24 heavy (non-hydrogen) atoms. The molecule has 0 N–H and O–H groups in total. The molecule has 0 saturated carbocycles. The molecule has 0 radical (unpaired) electrons. The molecule has 2 aromatic rings. The Morgan fingerprint density at radius 3 is 2.88 bits per heavy atom. The van der Waals surface area contributed by atoms with Crippen molar-refractivity contribution in [2.75, 3.05) is 25.0 Å². The fourth-order valence-corrected chi connectivity index (χ4v) is 3.16. The van der Waals surface area contributed by atoms with E-state index in [1.165, 1.54) is 0 Å². The zero-order chi connectivity index (χ0) is 17.1. The summed E-state index contributed by atoms with van der Waals surface area (Å²) >= 11 is 5.79. The second kappa shape index (κ2) is 7.21. The highest BCUT2D eigenvalue weighted by molar-refractivity contribution is 6.29. The summed E-state index contributed by atoms with van der Waals surface area (Å²) < 4.78 is 5.56. The van der Waals surface area contributed by atoms with Crippen LogP contribution >= 0.6 is 11.6 Å². The Hall–Kier alpha value is -2.08. The highest BCUT2D eigenvalue weighted by Crippen LogP contribution is 2.23. The van der Waals surface area contributed by atoms with Gasteiger partial charge in [-0.15, -0.1) is 10.2 Å². The van der Waals surface area contributed by atoms with Crippen LogP contribution in [0.2, 0.25) is 5.15 Å². The second-order valence-electron chi connectivity index (χ2n) is 6.21. The number of hydrogen-bond donors (Lipinski definition) is 0. The molecule has 7 heteroatoms. The molecule has 128 valence electrons. The third-order valence-corrected chi connectivity index (χ3v) is 4.48. The van der Waals surface area contributed by atoms with Gasteiger partial charge < -0.3 is 14.2 Å².